The maximum Gasteiger partial charge on any atom is 0.224 e. The zero-order valence-electron chi connectivity index (χ0n) is 12.5. The number of thiophene rings is 1. The minimum atomic E-state index is 0.00689. The van der Waals surface area contributed by atoms with E-state index in [2.05, 4.69) is 34.3 Å². The van der Waals surface area contributed by atoms with Gasteiger partial charge in [-0.2, -0.15) is 11.3 Å². The highest BCUT2D eigenvalue weighted by molar-refractivity contribution is 7.08. The van der Waals surface area contributed by atoms with E-state index in [1.807, 2.05) is 24.3 Å². The molecule has 0 unspecified atom stereocenters. The van der Waals surface area contributed by atoms with E-state index in [0.717, 1.165) is 11.1 Å². The van der Waals surface area contributed by atoms with E-state index in [1.165, 1.54) is 11.1 Å². The van der Waals surface area contributed by atoms with Crippen LogP contribution in [0.4, 0.5) is 0 Å². The maximum atomic E-state index is 12.1. The average molecular weight is 342 g/mol. The fourth-order valence-corrected chi connectivity index (χ4v) is 3.20. The first-order valence-electron chi connectivity index (χ1n) is 7.34. The quantitative estimate of drug-likeness (QED) is 0.700. The van der Waals surface area contributed by atoms with Crippen molar-refractivity contribution < 1.29 is 4.79 Å². The largest absolute Gasteiger partial charge is 0.352 e. The molecular weight excluding hydrogens is 326 g/mol. The number of amides is 1. The Bertz CT molecular complexity index is 781. The van der Waals surface area contributed by atoms with Gasteiger partial charge in [0.05, 0.1) is 6.42 Å². The lowest BCUT2D eigenvalue weighted by atomic mass is 10.0. The fraction of sp³-hybridized carbons (Fsp3) is 0.105. The first-order valence-corrected chi connectivity index (χ1v) is 8.66. The van der Waals surface area contributed by atoms with Crippen molar-refractivity contribution in [2.24, 2.45) is 0 Å². The van der Waals surface area contributed by atoms with E-state index in [4.69, 9.17) is 11.6 Å². The van der Waals surface area contributed by atoms with Crippen LogP contribution < -0.4 is 5.32 Å². The second-order valence-corrected chi connectivity index (χ2v) is 6.47. The molecule has 0 spiro atoms. The third kappa shape index (κ3) is 4.21. The summed E-state index contributed by atoms with van der Waals surface area (Å²) in [5.74, 6) is 0.00689. The van der Waals surface area contributed by atoms with Gasteiger partial charge in [0.2, 0.25) is 5.91 Å². The van der Waals surface area contributed by atoms with Crippen LogP contribution in [0.15, 0.2) is 65.4 Å². The van der Waals surface area contributed by atoms with Crippen LogP contribution in [0.2, 0.25) is 5.02 Å². The molecule has 0 fully saturated rings. The maximum absolute atomic E-state index is 12.1. The molecule has 1 amide bonds. The number of carbonyl (C=O) groups excluding carboxylic acids is 1. The van der Waals surface area contributed by atoms with Crippen LogP contribution in [0, 0.1) is 0 Å². The number of halogens is 1. The zero-order valence-corrected chi connectivity index (χ0v) is 14.0. The molecule has 0 aliphatic heterocycles. The van der Waals surface area contributed by atoms with Gasteiger partial charge in [0.1, 0.15) is 0 Å². The van der Waals surface area contributed by atoms with Gasteiger partial charge in [0.25, 0.3) is 0 Å². The molecule has 4 heteroatoms. The van der Waals surface area contributed by atoms with Gasteiger partial charge in [-0.25, -0.2) is 0 Å². The Morgan fingerprint density at radius 3 is 2.57 bits per heavy atom. The Balaban J connectivity index is 1.64. The molecule has 1 N–H and O–H groups in total. The molecule has 0 radical (unpaired) electrons. The number of carbonyl (C=O) groups is 1. The highest BCUT2D eigenvalue weighted by Crippen LogP contribution is 2.25. The van der Waals surface area contributed by atoms with Gasteiger partial charge in [-0.3, -0.25) is 4.79 Å². The molecule has 2 nitrogen and oxygen atoms in total. The predicted octanol–water partition coefficient (Wildman–Crippen LogP) is 4.93. The van der Waals surface area contributed by atoms with Gasteiger partial charge in [-0.15, -0.1) is 0 Å². The molecule has 1 aromatic heterocycles. The molecule has 0 bridgehead atoms. The molecule has 0 atom stereocenters. The Hall–Kier alpha value is -2.10. The lowest BCUT2D eigenvalue weighted by Gasteiger charge is -2.10. The summed E-state index contributed by atoms with van der Waals surface area (Å²) in [4.78, 5) is 12.1. The second-order valence-electron chi connectivity index (χ2n) is 5.25. The van der Waals surface area contributed by atoms with E-state index in [9.17, 15) is 4.79 Å². The van der Waals surface area contributed by atoms with Crippen LogP contribution in [0.1, 0.15) is 11.1 Å². The van der Waals surface area contributed by atoms with Gasteiger partial charge < -0.3 is 5.32 Å². The summed E-state index contributed by atoms with van der Waals surface area (Å²) in [6, 6.07) is 17.6. The Kier molecular flexibility index (Phi) is 5.11. The van der Waals surface area contributed by atoms with E-state index >= 15 is 0 Å². The smallest absolute Gasteiger partial charge is 0.224 e. The van der Waals surface area contributed by atoms with E-state index in [1.54, 1.807) is 23.5 Å². The lowest BCUT2D eigenvalue weighted by Crippen LogP contribution is -2.24. The van der Waals surface area contributed by atoms with Gasteiger partial charge in [-0.1, -0.05) is 48.0 Å². The number of rotatable bonds is 5. The molecule has 23 heavy (non-hydrogen) atoms. The third-order valence-electron chi connectivity index (χ3n) is 3.60. The fourth-order valence-electron chi connectivity index (χ4n) is 2.42. The van der Waals surface area contributed by atoms with Crippen LogP contribution in [-0.2, 0) is 17.8 Å². The summed E-state index contributed by atoms with van der Waals surface area (Å²) in [6.45, 7) is 0.526. The van der Waals surface area contributed by atoms with Crippen molar-refractivity contribution in [2.45, 2.75) is 13.0 Å². The van der Waals surface area contributed by atoms with Crippen LogP contribution >= 0.6 is 22.9 Å². The summed E-state index contributed by atoms with van der Waals surface area (Å²) < 4.78 is 0. The minimum absolute atomic E-state index is 0.00689. The van der Waals surface area contributed by atoms with Crippen molar-refractivity contribution in [3.63, 3.8) is 0 Å². The van der Waals surface area contributed by atoms with E-state index in [-0.39, 0.29) is 5.91 Å². The average Bonchev–Trinajstić information content (AvgIpc) is 3.10. The SMILES string of the molecule is O=C(Cc1ccc(Cl)cc1)NCc1ccccc1-c1ccsc1. The van der Waals surface area contributed by atoms with Crippen LogP contribution in [-0.4, -0.2) is 5.91 Å². The van der Waals surface area contributed by atoms with Crippen molar-refractivity contribution in [2.75, 3.05) is 0 Å². The van der Waals surface area contributed by atoms with Crippen molar-refractivity contribution in [3.05, 3.63) is 81.5 Å². The highest BCUT2D eigenvalue weighted by Gasteiger charge is 2.07. The molecule has 0 saturated carbocycles. The molecule has 3 rings (SSSR count). The molecule has 0 aliphatic rings. The Morgan fingerprint density at radius 2 is 1.83 bits per heavy atom. The summed E-state index contributed by atoms with van der Waals surface area (Å²) in [6.07, 6.45) is 0.359. The molecular formula is C19H16ClNOS. The van der Waals surface area contributed by atoms with E-state index < -0.39 is 0 Å². The second kappa shape index (κ2) is 7.44. The molecule has 2 aromatic carbocycles. The van der Waals surface area contributed by atoms with Crippen molar-refractivity contribution in [3.8, 4) is 11.1 Å². The first-order chi connectivity index (χ1) is 11.2. The van der Waals surface area contributed by atoms with Crippen molar-refractivity contribution in [1.29, 1.82) is 0 Å². The first kappa shape index (κ1) is 15.8. The molecule has 3 aromatic rings. The van der Waals surface area contributed by atoms with Gasteiger partial charge >= 0.3 is 0 Å². The van der Waals surface area contributed by atoms with Gasteiger partial charge in [0, 0.05) is 11.6 Å². The highest BCUT2D eigenvalue weighted by atomic mass is 35.5. The molecule has 0 saturated heterocycles. The summed E-state index contributed by atoms with van der Waals surface area (Å²) in [7, 11) is 0. The lowest BCUT2D eigenvalue weighted by molar-refractivity contribution is -0.120. The standard InChI is InChI=1S/C19H16ClNOS/c20-17-7-5-14(6-8-17)11-19(22)21-12-15-3-1-2-4-18(15)16-9-10-23-13-16/h1-10,13H,11-12H2,(H,21,22). The minimum Gasteiger partial charge on any atom is -0.352 e. The Labute approximate surface area is 144 Å². The van der Waals surface area contributed by atoms with E-state index in [0.29, 0.717) is 18.0 Å². The number of benzene rings is 2. The van der Waals surface area contributed by atoms with Crippen LogP contribution in [0.5, 0.6) is 0 Å². The third-order valence-corrected chi connectivity index (χ3v) is 4.54. The van der Waals surface area contributed by atoms with Crippen molar-refractivity contribution in [1.82, 2.24) is 5.32 Å². The number of hydrogen-bond acceptors (Lipinski definition) is 2. The molecule has 0 aliphatic carbocycles. The Morgan fingerprint density at radius 1 is 1.04 bits per heavy atom. The number of nitrogens with one attached hydrogen (secondary N) is 1. The monoisotopic (exact) mass is 341 g/mol. The van der Waals surface area contributed by atoms with Crippen LogP contribution in [0.3, 0.4) is 0 Å². The summed E-state index contributed by atoms with van der Waals surface area (Å²) in [5, 5.41) is 7.86. The van der Waals surface area contributed by atoms with Gasteiger partial charge in [0.15, 0.2) is 0 Å². The summed E-state index contributed by atoms with van der Waals surface area (Å²) in [5.41, 5.74) is 4.44. The normalized spacial score (nSPS) is 10.5. The zero-order chi connectivity index (χ0) is 16.1. The van der Waals surface area contributed by atoms with Crippen LogP contribution in [0.25, 0.3) is 11.1 Å². The molecule has 1 heterocycles. The number of hydrogen-bond donors (Lipinski definition) is 1. The van der Waals surface area contributed by atoms with Crippen molar-refractivity contribution >= 4 is 28.8 Å². The topological polar surface area (TPSA) is 29.1 Å². The molecule has 116 valence electrons. The summed E-state index contributed by atoms with van der Waals surface area (Å²) >= 11 is 7.53. The predicted molar refractivity (Wildman–Crippen MR) is 96.8 cm³/mol. The van der Waals surface area contributed by atoms with Gasteiger partial charge in [-0.05, 0) is 51.2 Å².